The van der Waals surface area contributed by atoms with Crippen molar-refractivity contribution in [2.24, 2.45) is 11.3 Å². The first-order chi connectivity index (χ1) is 10.0. The average Bonchev–Trinajstić information content (AvgIpc) is 2.92. The van der Waals surface area contributed by atoms with Crippen LogP contribution in [-0.2, 0) is 28.5 Å². The molecular formula is C15H22O6. The second-order valence-corrected chi connectivity index (χ2v) is 5.68. The van der Waals surface area contributed by atoms with E-state index in [9.17, 15) is 9.59 Å². The fourth-order valence-corrected chi connectivity index (χ4v) is 3.52. The first-order valence-corrected chi connectivity index (χ1v) is 7.06. The molecule has 0 radical (unpaired) electrons. The van der Waals surface area contributed by atoms with Crippen LogP contribution < -0.4 is 0 Å². The molecular weight excluding hydrogens is 276 g/mol. The Hall–Kier alpha value is -1.40. The van der Waals surface area contributed by atoms with Gasteiger partial charge in [0.2, 0.25) is 0 Å². The molecule has 0 bridgehead atoms. The lowest BCUT2D eigenvalue weighted by Gasteiger charge is -2.45. The molecule has 2 atom stereocenters. The summed E-state index contributed by atoms with van der Waals surface area (Å²) in [6.07, 6.45) is 3.19. The number of carbonyl (C=O) groups excluding carboxylic acids is 2. The van der Waals surface area contributed by atoms with Crippen molar-refractivity contribution in [3.63, 3.8) is 0 Å². The van der Waals surface area contributed by atoms with E-state index in [1.165, 1.54) is 14.2 Å². The molecule has 1 spiro atoms. The van der Waals surface area contributed by atoms with Crippen LogP contribution in [0.4, 0.5) is 0 Å². The molecule has 2 fully saturated rings. The van der Waals surface area contributed by atoms with Crippen LogP contribution >= 0.6 is 0 Å². The monoisotopic (exact) mass is 298 g/mol. The molecule has 0 unspecified atom stereocenters. The van der Waals surface area contributed by atoms with Crippen molar-refractivity contribution in [2.45, 2.75) is 31.5 Å². The highest BCUT2D eigenvalue weighted by Gasteiger charge is 2.57. The lowest BCUT2D eigenvalue weighted by molar-refractivity contribution is -0.223. The summed E-state index contributed by atoms with van der Waals surface area (Å²) in [7, 11) is 2.69. The van der Waals surface area contributed by atoms with Crippen molar-refractivity contribution in [1.82, 2.24) is 0 Å². The molecule has 1 aliphatic heterocycles. The first-order valence-electron chi connectivity index (χ1n) is 7.06. The fraction of sp³-hybridized carbons (Fsp3) is 0.733. The maximum atomic E-state index is 12.3. The topological polar surface area (TPSA) is 71.1 Å². The summed E-state index contributed by atoms with van der Waals surface area (Å²) in [6.45, 7) is 4.63. The SMILES string of the molecule is C=CC[C@]1(C(=O)OC)C[C@H](C(=O)OC)CC2(C1)OCCO2. The molecule has 2 rings (SSSR count). The molecule has 6 heteroatoms. The van der Waals surface area contributed by atoms with Gasteiger partial charge in [0.15, 0.2) is 5.79 Å². The van der Waals surface area contributed by atoms with E-state index >= 15 is 0 Å². The molecule has 1 saturated heterocycles. The Kier molecular flexibility index (Phi) is 4.68. The van der Waals surface area contributed by atoms with Crippen molar-refractivity contribution in [3.05, 3.63) is 12.7 Å². The summed E-state index contributed by atoms with van der Waals surface area (Å²) < 4.78 is 21.3. The smallest absolute Gasteiger partial charge is 0.312 e. The van der Waals surface area contributed by atoms with Gasteiger partial charge in [-0.1, -0.05) is 6.08 Å². The molecule has 0 aromatic carbocycles. The van der Waals surface area contributed by atoms with Crippen LogP contribution in [-0.4, -0.2) is 45.2 Å². The van der Waals surface area contributed by atoms with Crippen LogP contribution in [0.2, 0.25) is 0 Å². The second-order valence-electron chi connectivity index (χ2n) is 5.68. The van der Waals surface area contributed by atoms with Crippen LogP contribution in [0.5, 0.6) is 0 Å². The molecule has 1 saturated carbocycles. The number of esters is 2. The average molecular weight is 298 g/mol. The van der Waals surface area contributed by atoms with Gasteiger partial charge in [-0.15, -0.1) is 6.58 Å². The van der Waals surface area contributed by atoms with Gasteiger partial charge in [0.1, 0.15) is 0 Å². The molecule has 21 heavy (non-hydrogen) atoms. The van der Waals surface area contributed by atoms with E-state index in [0.29, 0.717) is 38.9 Å². The standard InChI is InChI=1S/C15H22O6/c1-4-5-14(13(17)19-3)8-11(12(16)18-2)9-15(10-14)20-6-7-21-15/h4,11H,1,5-10H2,2-3H3/t11-,14-/m0/s1. The van der Waals surface area contributed by atoms with E-state index in [-0.39, 0.29) is 11.9 Å². The van der Waals surface area contributed by atoms with Gasteiger partial charge in [0.05, 0.1) is 38.8 Å². The van der Waals surface area contributed by atoms with E-state index in [0.717, 1.165) is 0 Å². The number of rotatable bonds is 4. The molecule has 0 N–H and O–H groups in total. The van der Waals surface area contributed by atoms with Crippen LogP contribution in [0.3, 0.4) is 0 Å². The molecule has 0 aromatic rings. The number of carbonyl (C=O) groups is 2. The Morgan fingerprint density at radius 3 is 2.43 bits per heavy atom. The van der Waals surface area contributed by atoms with Gasteiger partial charge in [0, 0.05) is 12.8 Å². The van der Waals surface area contributed by atoms with Crippen LogP contribution in [0, 0.1) is 11.3 Å². The summed E-state index contributed by atoms with van der Waals surface area (Å²) >= 11 is 0. The summed E-state index contributed by atoms with van der Waals surface area (Å²) in [6, 6.07) is 0. The Bertz CT molecular complexity index is 426. The lowest BCUT2D eigenvalue weighted by Crippen LogP contribution is -2.51. The predicted octanol–water partition coefficient (Wildman–Crippen LogP) is 1.44. The Morgan fingerprint density at radius 2 is 1.90 bits per heavy atom. The molecule has 6 nitrogen and oxygen atoms in total. The minimum Gasteiger partial charge on any atom is -0.469 e. The molecule has 1 heterocycles. The van der Waals surface area contributed by atoms with Gasteiger partial charge in [0.25, 0.3) is 0 Å². The highest BCUT2D eigenvalue weighted by atomic mass is 16.7. The van der Waals surface area contributed by atoms with Crippen LogP contribution in [0.25, 0.3) is 0 Å². The third-order valence-corrected chi connectivity index (χ3v) is 4.30. The first kappa shape index (κ1) is 16.0. The van der Waals surface area contributed by atoms with Gasteiger partial charge in [-0.2, -0.15) is 0 Å². The van der Waals surface area contributed by atoms with E-state index in [1.54, 1.807) is 6.08 Å². The normalized spacial score (nSPS) is 30.9. The number of ether oxygens (including phenoxy) is 4. The zero-order valence-electron chi connectivity index (χ0n) is 12.6. The quantitative estimate of drug-likeness (QED) is 0.578. The largest absolute Gasteiger partial charge is 0.469 e. The maximum Gasteiger partial charge on any atom is 0.312 e. The van der Waals surface area contributed by atoms with E-state index in [4.69, 9.17) is 18.9 Å². The predicted molar refractivity (Wildman–Crippen MR) is 73.3 cm³/mol. The molecule has 0 amide bonds. The van der Waals surface area contributed by atoms with Crippen molar-refractivity contribution in [2.75, 3.05) is 27.4 Å². The molecule has 2 aliphatic rings. The van der Waals surface area contributed by atoms with Gasteiger partial charge < -0.3 is 18.9 Å². The Morgan fingerprint density at radius 1 is 1.24 bits per heavy atom. The van der Waals surface area contributed by atoms with Crippen LogP contribution in [0.15, 0.2) is 12.7 Å². The molecule has 1 aliphatic carbocycles. The maximum absolute atomic E-state index is 12.3. The Labute approximate surface area is 124 Å². The highest BCUT2D eigenvalue weighted by molar-refractivity contribution is 5.80. The second kappa shape index (κ2) is 6.15. The summed E-state index contributed by atoms with van der Waals surface area (Å²) in [4.78, 5) is 24.3. The minimum atomic E-state index is -0.908. The van der Waals surface area contributed by atoms with E-state index in [1.807, 2.05) is 0 Å². The molecule has 118 valence electrons. The van der Waals surface area contributed by atoms with Gasteiger partial charge >= 0.3 is 11.9 Å². The molecule has 0 aromatic heterocycles. The number of methoxy groups -OCH3 is 2. The lowest BCUT2D eigenvalue weighted by atomic mass is 9.65. The number of hydrogen-bond donors (Lipinski definition) is 0. The van der Waals surface area contributed by atoms with Gasteiger partial charge in [-0.3, -0.25) is 9.59 Å². The summed E-state index contributed by atoms with van der Waals surface area (Å²) in [5.74, 6) is -2.09. The van der Waals surface area contributed by atoms with Crippen LogP contribution in [0.1, 0.15) is 25.7 Å². The van der Waals surface area contributed by atoms with E-state index in [2.05, 4.69) is 6.58 Å². The zero-order valence-corrected chi connectivity index (χ0v) is 12.6. The summed E-state index contributed by atoms with van der Waals surface area (Å²) in [5, 5.41) is 0. The Balaban J connectivity index is 2.35. The summed E-state index contributed by atoms with van der Waals surface area (Å²) in [5.41, 5.74) is -0.863. The van der Waals surface area contributed by atoms with E-state index < -0.39 is 17.1 Å². The third-order valence-electron chi connectivity index (χ3n) is 4.30. The van der Waals surface area contributed by atoms with Gasteiger partial charge in [-0.25, -0.2) is 0 Å². The van der Waals surface area contributed by atoms with Crippen molar-refractivity contribution < 1.29 is 28.5 Å². The minimum absolute atomic E-state index is 0.354. The van der Waals surface area contributed by atoms with Crippen molar-refractivity contribution >= 4 is 11.9 Å². The van der Waals surface area contributed by atoms with Crippen molar-refractivity contribution in [3.8, 4) is 0 Å². The zero-order chi connectivity index (χ0) is 15.5. The number of allylic oxidation sites excluding steroid dienone is 1. The van der Waals surface area contributed by atoms with Crippen molar-refractivity contribution in [1.29, 1.82) is 0 Å². The fourth-order valence-electron chi connectivity index (χ4n) is 3.52. The number of hydrogen-bond acceptors (Lipinski definition) is 6. The third kappa shape index (κ3) is 2.96. The highest BCUT2D eigenvalue weighted by Crippen LogP contribution is 2.51. The van der Waals surface area contributed by atoms with Gasteiger partial charge in [-0.05, 0) is 12.8 Å².